The van der Waals surface area contributed by atoms with Crippen LogP contribution in [-0.2, 0) is 20.9 Å². The van der Waals surface area contributed by atoms with Crippen molar-refractivity contribution in [2.24, 2.45) is 0 Å². The number of nitrogens with zero attached hydrogens (tertiary/aromatic N) is 3. The van der Waals surface area contributed by atoms with Crippen LogP contribution in [0.25, 0.3) is 6.08 Å². The van der Waals surface area contributed by atoms with Gasteiger partial charge in [-0.2, -0.15) is 0 Å². The van der Waals surface area contributed by atoms with Crippen molar-refractivity contribution in [3.8, 4) is 0 Å². The van der Waals surface area contributed by atoms with Gasteiger partial charge in [-0.15, -0.1) is 5.10 Å². The van der Waals surface area contributed by atoms with Gasteiger partial charge in [-0.1, -0.05) is 35.5 Å². The number of halogens is 2. The normalized spacial score (nSPS) is 12.0. The van der Waals surface area contributed by atoms with Gasteiger partial charge in [0.05, 0.1) is 18.4 Å². The molecule has 0 aliphatic heterocycles. The second-order valence-electron chi connectivity index (χ2n) is 6.35. The van der Waals surface area contributed by atoms with Gasteiger partial charge in [0.2, 0.25) is 0 Å². The SMILES string of the molecule is C[C@H](OC(=O)/C=C/c1cn(Cc2ccccc2)nn1)C(=O)Nc1ccc(F)cc1F. The maximum Gasteiger partial charge on any atom is 0.331 e. The number of esters is 1. The van der Waals surface area contributed by atoms with E-state index >= 15 is 0 Å². The molecule has 0 aliphatic rings. The number of aromatic nitrogens is 3. The van der Waals surface area contributed by atoms with Crippen molar-refractivity contribution in [3.63, 3.8) is 0 Å². The third kappa shape index (κ3) is 5.81. The Morgan fingerprint density at radius 2 is 1.97 bits per heavy atom. The predicted octanol–water partition coefficient (Wildman–Crippen LogP) is 3.19. The van der Waals surface area contributed by atoms with E-state index in [9.17, 15) is 18.4 Å². The highest BCUT2D eigenvalue weighted by Gasteiger charge is 2.18. The van der Waals surface area contributed by atoms with E-state index in [4.69, 9.17) is 4.74 Å². The Bertz CT molecular complexity index is 1070. The molecule has 1 heterocycles. The van der Waals surface area contributed by atoms with Crippen LogP contribution in [0, 0.1) is 11.6 Å². The molecule has 0 aliphatic carbocycles. The zero-order chi connectivity index (χ0) is 21.5. The third-order valence-corrected chi connectivity index (χ3v) is 3.99. The summed E-state index contributed by atoms with van der Waals surface area (Å²) in [6.07, 6.45) is 2.98. The number of hydrogen-bond acceptors (Lipinski definition) is 5. The summed E-state index contributed by atoms with van der Waals surface area (Å²) in [5, 5.41) is 10.2. The Hall–Kier alpha value is -3.88. The summed E-state index contributed by atoms with van der Waals surface area (Å²) >= 11 is 0. The van der Waals surface area contributed by atoms with Crippen LogP contribution in [0.2, 0.25) is 0 Å². The van der Waals surface area contributed by atoms with Crippen molar-refractivity contribution < 1.29 is 23.1 Å². The van der Waals surface area contributed by atoms with Crippen molar-refractivity contribution in [3.05, 3.63) is 83.7 Å². The van der Waals surface area contributed by atoms with Crippen molar-refractivity contribution in [2.75, 3.05) is 5.32 Å². The molecule has 0 radical (unpaired) electrons. The van der Waals surface area contributed by atoms with Gasteiger partial charge in [0.1, 0.15) is 17.3 Å². The lowest BCUT2D eigenvalue weighted by Gasteiger charge is -2.12. The molecule has 0 bridgehead atoms. The number of rotatable bonds is 7. The molecule has 1 aromatic heterocycles. The van der Waals surface area contributed by atoms with Crippen LogP contribution in [0.15, 0.2) is 60.8 Å². The quantitative estimate of drug-likeness (QED) is 0.476. The molecule has 9 heteroatoms. The summed E-state index contributed by atoms with van der Waals surface area (Å²) in [5.74, 6) is -3.23. The molecule has 154 valence electrons. The van der Waals surface area contributed by atoms with Crippen molar-refractivity contribution in [2.45, 2.75) is 19.6 Å². The highest BCUT2D eigenvalue weighted by molar-refractivity contribution is 5.96. The molecule has 2 aromatic carbocycles. The Morgan fingerprint density at radius 3 is 2.70 bits per heavy atom. The number of benzene rings is 2. The van der Waals surface area contributed by atoms with Crippen molar-refractivity contribution in [1.29, 1.82) is 0 Å². The Morgan fingerprint density at radius 1 is 1.20 bits per heavy atom. The average Bonchev–Trinajstić information content (AvgIpc) is 3.16. The van der Waals surface area contributed by atoms with Crippen LogP contribution >= 0.6 is 0 Å². The fourth-order valence-electron chi connectivity index (χ4n) is 2.48. The van der Waals surface area contributed by atoms with Gasteiger partial charge >= 0.3 is 5.97 Å². The molecule has 1 amide bonds. The number of ether oxygens (including phenoxy) is 1. The first-order chi connectivity index (χ1) is 14.4. The van der Waals surface area contributed by atoms with Gasteiger partial charge in [-0.25, -0.2) is 18.3 Å². The predicted molar refractivity (Wildman–Crippen MR) is 105 cm³/mol. The second-order valence-corrected chi connectivity index (χ2v) is 6.35. The van der Waals surface area contributed by atoms with Crippen LogP contribution < -0.4 is 5.32 Å². The molecular weight excluding hydrogens is 394 g/mol. The molecular formula is C21H18F2N4O3. The minimum absolute atomic E-state index is 0.213. The summed E-state index contributed by atoms with van der Waals surface area (Å²) in [6.45, 7) is 1.86. The Balaban J connectivity index is 1.52. The molecule has 3 aromatic rings. The minimum atomic E-state index is -1.19. The third-order valence-electron chi connectivity index (χ3n) is 3.99. The lowest BCUT2D eigenvalue weighted by Crippen LogP contribution is -2.29. The summed E-state index contributed by atoms with van der Waals surface area (Å²) in [7, 11) is 0. The lowest BCUT2D eigenvalue weighted by atomic mass is 10.2. The zero-order valence-electron chi connectivity index (χ0n) is 16.0. The Kier molecular flexibility index (Phi) is 6.63. The van der Waals surface area contributed by atoms with Crippen LogP contribution in [0.5, 0.6) is 0 Å². The topological polar surface area (TPSA) is 86.1 Å². The number of nitrogens with one attached hydrogen (secondary N) is 1. The zero-order valence-corrected chi connectivity index (χ0v) is 16.0. The number of amides is 1. The summed E-state index contributed by atoms with van der Waals surface area (Å²) in [6, 6.07) is 12.4. The van der Waals surface area contributed by atoms with E-state index in [-0.39, 0.29) is 5.69 Å². The van der Waals surface area contributed by atoms with Gasteiger partial charge < -0.3 is 10.1 Å². The summed E-state index contributed by atoms with van der Waals surface area (Å²) in [5.41, 5.74) is 1.28. The van der Waals surface area contributed by atoms with E-state index in [2.05, 4.69) is 15.6 Å². The molecule has 0 fully saturated rings. The van der Waals surface area contributed by atoms with E-state index in [1.807, 2.05) is 30.3 Å². The van der Waals surface area contributed by atoms with Crippen LogP contribution in [0.4, 0.5) is 14.5 Å². The van der Waals surface area contributed by atoms with E-state index in [1.165, 1.54) is 13.0 Å². The van der Waals surface area contributed by atoms with Crippen LogP contribution in [-0.4, -0.2) is 33.0 Å². The van der Waals surface area contributed by atoms with Crippen LogP contribution in [0.3, 0.4) is 0 Å². The highest BCUT2D eigenvalue weighted by atomic mass is 19.1. The van der Waals surface area contributed by atoms with Crippen LogP contribution in [0.1, 0.15) is 18.2 Å². The molecule has 30 heavy (non-hydrogen) atoms. The Labute approximate surface area is 171 Å². The lowest BCUT2D eigenvalue weighted by molar-refractivity contribution is -0.148. The minimum Gasteiger partial charge on any atom is -0.449 e. The largest absolute Gasteiger partial charge is 0.449 e. The van der Waals surface area contributed by atoms with Crippen molar-refractivity contribution >= 4 is 23.6 Å². The fraction of sp³-hybridized carbons (Fsp3) is 0.143. The van der Waals surface area contributed by atoms with E-state index in [1.54, 1.807) is 10.9 Å². The molecule has 3 rings (SSSR count). The van der Waals surface area contributed by atoms with Gasteiger partial charge in [0.15, 0.2) is 6.10 Å². The maximum atomic E-state index is 13.6. The van der Waals surface area contributed by atoms with E-state index < -0.39 is 29.6 Å². The molecule has 0 unspecified atom stereocenters. The van der Waals surface area contributed by atoms with Crippen molar-refractivity contribution in [1.82, 2.24) is 15.0 Å². The van der Waals surface area contributed by atoms with Gasteiger partial charge in [-0.3, -0.25) is 4.79 Å². The molecule has 1 N–H and O–H groups in total. The summed E-state index contributed by atoms with van der Waals surface area (Å²) < 4.78 is 33.1. The molecule has 0 saturated heterocycles. The number of carbonyl (C=O) groups excluding carboxylic acids is 2. The fourth-order valence-corrected chi connectivity index (χ4v) is 2.48. The first-order valence-electron chi connectivity index (χ1n) is 8.99. The number of hydrogen-bond donors (Lipinski definition) is 1. The first-order valence-corrected chi connectivity index (χ1v) is 8.99. The molecule has 0 saturated carbocycles. The van der Waals surface area contributed by atoms with Gasteiger partial charge in [0, 0.05) is 12.1 Å². The first kappa shape index (κ1) is 20.8. The molecule has 7 nitrogen and oxygen atoms in total. The van der Waals surface area contributed by atoms with Gasteiger partial charge in [-0.05, 0) is 30.7 Å². The number of carbonyl (C=O) groups is 2. The van der Waals surface area contributed by atoms with E-state index in [0.29, 0.717) is 18.3 Å². The molecule has 0 spiro atoms. The highest BCUT2D eigenvalue weighted by Crippen LogP contribution is 2.15. The maximum absolute atomic E-state index is 13.6. The average molecular weight is 412 g/mol. The standard InChI is InChI=1S/C21H18F2N4O3/c1-14(21(29)24-19-9-7-16(22)11-18(19)23)30-20(28)10-8-17-13-27(26-25-17)12-15-5-3-2-4-6-15/h2-11,13-14H,12H2,1H3,(H,24,29)/b10-8+/t14-/m0/s1. The van der Waals surface area contributed by atoms with Gasteiger partial charge in [0.25, 0.3) is 5.91 Å². The monoisotopic (exact) mass is 412 g/mol. The molecule has 1 atom stereocenters. The second kappa shape index (κ2) is 9.55. The summed E-state index contributed by atoms with van der Waals surface area (Å²) in [4.78, 5) is 24.0. The van der Waals surface area contributed by atoms with E-state index in [0.717, 1.165) is 23.8 Å². The smallest absolute Gasteiger partial charge is 0.331 e. The number of anilines is 1.